The summed E-state index contributed by atoms with van der Waals surface area (Å²) in [5, 5.41) is 5.08. The molecular formula is C20H16N2O6. The van der Waals surface area contributed by atoms with Crippen LogP contribution in [0.2, 0.25) is 0 Å². The van der Waals surface area contributed by atoms with Gasteiger partial charge in [0.15, 0.2) is 6.61 Å². The minimum atomic E-state index is -1.01. The maximum absolute atomic E-state index is 12.0. The summed E-state index contributed by atoms with van der Waals surface area (Å²) >= 11 is 0. The summed E-state index contributed by atoms with van der Waals surface area (Å²) in [5.41, 5.74) is -0.0128. The molecule has 28 heavy (non-hydrogen) atoms. The van der Waals surface area contributed by atoms with Gasteiger partial charge in [-0.05, 0) is 17.7 Å². The molecule has 0 saturated heterocycles. The Morgan fingerprint density at radius 3 is 2.46 bits per heavy atom. The molecule has 8 heteroatoms. The molecule has 3 rings (SSSR count). The van der Waals surface area contributed by atoms with Crippen molar-refractivity contribution in [2.24, 2.45) is 0 Å². The lowest BCUT2D eigenvalue weighted by atomic mass is 10.2. The Kier molecular flexibility index (Phi) is 5.81. The first-order valence-electron chi connectivity index (χ1n) is 8.34. The Balaban J connectivity index is 1.51. The van der Waals surface area contributed by atoms with Crippen LogP contribution in [0.15, 0.2) is 69.9 Å². The molecule has 0 aliphatic carbocycles. The molecule has 3 amide bonds. The van der Waals surface area contributed by atoms with Crippen molar-refractivity contribution in [2.75, 3.05) is 6.61 Å². The number of hydrogen-bond acceptors (Lipinski definition) is 6. The molecule has 0 fully saturated rings. The highest BCUT2D eigenvalue weighted by Gasteiger charge is 2.17. The zero-order valence-electron chi connectivity index (χ0n) is 14.6. The van der Waals surface area contributed by atoms with E-state index in [4.69, 9.17) is 9.15 Å². The second kappa shape index (κ2) is 8.63. The van der Waals surface area contributed by atoms with E-state index in [0.717, 1.165) is 5.56 Å². The van der Waals surface area contributed by atoms with Crippen LogP contribution in [0.3, 0.4) is 0 Å². The van der Waals surface area contributed by atoms with Gasteiger partial charge in [-0.25, -0.2) is 14.4 Å². The van der Waals surface area contributed by atoms with Gasteiger partial charge in [-0.3, -0.25) is 10.1 Å². The van der Waals surface area contributed by atoms with E-state index in [9.17, 15) is 19.2 Å². The van der Waals surface area contributed by atoms with E-state index < -0.39 is 30.1 Å². The maximum Gasteiger partial charge on any atom is 0.351 e. The number of urea groups is 1. The van der Waals surface area contributed by atoms with Crippen LogP contribution in [0.4, 0.5) is 4.79 Å². The second-order valence-electron chi connectivity index (χ2n) is 5.78. The van der Waals surface area contributed by atoms with E-state index in [2.05, 4.69) is 5.32 Å². The van der Waals surface area contributed by atoms with Crippen LogP contribution in [0.25, 0.3) is 11.0 Å². The van der Waals surface area contributed by atoms with E-state index in [1.165, 1.54) is 6.07 Å². The smallest absolute Gasteiger partial charge is 0.351 e. The molecule has 142 valence electrons. The molecule has 1 heterocycles. The average Bonchev–Trinajstić information content (AvgIpc) is 2.70. The van der Waals surface area contributed by atoms with Crippen LogP contribution in [-0.2, 0) is 16.1 Å². The van der Waals surface area contributed by atoms with Crippen molar-refractivity contribution in [3.63, 3.8) is 0 Å². The zero-order valence-corrected chi connectivity index (χ0v) is 14.6. The van der Waals surface area contributed by atoms with Gasteiger partial charge in [-0.15, -0.1) is 0 Å². The van der Waals surface area contributed by atoms with Crippen molar-refractivity contribution in [2.45, 2.75) is 6.54 Å². The lowest BCUT2D eigenvalue weighted by Crippen LogP contribution is -2.41. The van der Waals surface area contributed by atoms with Gasteiger partial charge < -0.3 is 14.5 Å². The molecule has 2 aromatic carbocycles. The monoisotopic (exact) mass is 380 g/mol. The fourth-order valence-electron chi connectivity index (χ4n) is 2.40. The Bertz CT molecular complexity index is 1070. The van der Waals surface area contributed by atoms with Crippen molar-refractivity contribution in [1.82, 2.24) is 10.6 Å². The third-order valence-corrected chi connectivity index (χ3v) is 3.74. The van der Waals surface area contributed by atoms with Crippen molar-refractivity contribution in [3.05, 3.63) is 82.2 Å². The number of amides is 3. The number of esters is 1. The first-order chi connectivity index (χ1) is 13.5. The lowest BCUT2D eigenvalue weighted by Gasteiger charge is -2.07. The molecule has 2 N–H and O–H groups in total. The number of ether oxygens (including phenoxy) is 1. The largest absolute Gasteiger partial charge is 0.452 e. The van der Waals surface area contributed by atoms with Gasteiger partial charge in [-0.1, -0.05) is 48.5 Å². The number of rotatable bonds is 5. The van der Waals surface area contributed by atoms with Gasteiger partial charge >= 0.3 is 17.6 Å². The van der Waals surface area contributed by atoms with Gasteiger partial charge in [-0.2, -0.15) is 0 Å². The van der Waals surface area contributed by atoms with Gasteiger partial charge in [0.05, 0.1) is 0 Å². The normalized spacial score (nSPS) is 10.3. The standard InChI is InChI=1S/C20H16N2O6/c23-17(22-20(26)21-11-13-6-2-1-3-7-13)12-27-18(24)15-10-14-8-4-5-9-16(14)28-19(15)25/h1-10H,11-12H2,(H2,21,22,23,26). The van der Waals surface area contributed by atoms with E-state index in [1.54, 1.807) is 24.3 Å². The van der Waals surface area contributed by atoms with E-state index >= 15 is 0 Å². The molecule has 0 atom stereocenters. The van der Waals surface area contributed by atoms with E-state index in [0.29, 0.717) is 11.0 Å². The molecule has 0 aliphatic heterocycles. The van der Waals surface area contributed by atoms with Crippen LogP contribution in [0, 0.1) is 0 Å². The summed E-state index contributed by atoms with van der Waals surface area (Å²) in [4.78, 5) is 47.4. The van der Waals surface area contributed by atoms with Crippen LogP contribution in [0.1, 0.15) is 15.9 Å². The predicted molar refractivity (Wildman–Crippen MR) is 99.6 cm³/mol. The maximum atomic E-state index is 12.0. The first-order valence-corrected chi connectivity index (χ1v) is 8.34. The highest BCUT2D eigenvalue weighted by molar-refractivity contribution is 5.97. The van der Waals surface area contributed by atoms with Crippen LogP contribution in [-0.4, -0.2) is 24.5 Å². The molecule has 0 radical (unpaired) electrons. The van der Waals surface area contributed by atoms with Crippen molar-refractivity contribution >= 4 is 28.9 Å². The van der Waals surface area contributed by atoms with Crippen molar-refractivity contribution in [3.8, 4) is 0 Å². The molecule has 0 aliphatic rings. The highest BCUT2D eigenvalue weighted by atomic mass is 16.5. The molecule has 0 saturated carbocycles. The SMILES string of the molecule is O=C(COC(=O)c1cc2ccccc2oc1=O)NC(=O)NCc1ccccc1. The van der Waals surface area contributed by atoms with Gasteiger partial charge in [0.25, 0.3) is 5.91 Å². The van der Waals surface area contributed by atoms with Crippen LogP contribution >= 0.6 is 0 Å². The quantitative estimate of drug-likeness (QED) is 0.517. The summed E-state index contributed by atoms with van der Waals surface area (Å²) in [6.07, 6.45) is 0. The summed E-state index contributed by atoms with van der Waals surface area (Å²) in [6.45, 7) is -0.484. The zero-order chi connectivity index (χ0) is 19.9. The Labute approximate surface area is 159 Å². The molecule has 1 aromatic heterocycles. The van der Waals surface area contributed by atoms with E-state index in [-0.39, 0.29) is 12.1 Å². The van der Waals surface area contributed by atoms with Gasteiger partial charge in [0.1, 0.15) is 11.1 Å². The van der Waals surface area contributed by atoms with Crippen molar-refractivity contribution in [1.29, 1.82) is 0 Å². The fraction of sp³-hybridized carbons (Fsp3) is 0.100. The van der Waals surface area contributed by atoms with Gasteiger partial charge in [0, 0.05) is 11.9 Å². The third kappa shape index (κ3) is 4.82. The molecule has 0 bridgehead atoms. The number of benzene rings is 2. The number of carbonyl (C=O) groups is 3. The summed E-state index contributed by atoms with van der Waals surface area (Å²) in [5.74, 6) is -1.84. The number of para-hydroxylation sites is 1. The predicted octanol–water partition coefficient (Wildman–Crippen LogP) is 1.98. The fourth-order valence-corrected chi connectivity index (χ4v) is 2.40. The molecular weight excluding hydrogens is 364 g/mol. The van der Waals surface area contributed by atoms with Gasteiger partial charge in [0.2, 0.25) is 0 Å². The Morgan fingerprint density at radius 1 is 0.964 bits per heavy atom. The average molecular weight is 380 g/mol. The number of nitrogens with one attached hydrogen (secondary N) is 2. The summed E-state index contributed by atoms with van der Waals surface area (Å²) in [6, 6.07) is 16.4. The number of carbonyl (C=O) groups excluding carboxylic acids is 3. The van der Waals surface area contributed by atoms with Crippen LogP contribution < -0.4 is 16.3 Å². The summed E-state index contributed by atoms with van der Waals surface area (Å²) < 4.78 is 9.83. The first kappa shape index (κ1) is 18.8. The topological polar surface area (TPSA) is 115 Å². The number of hydrogen-bond donors (Lipinski definition) is 2. The second-order valence-corrected chi connectivity index (χ2v) is 5.78. The molecule has 0 unspecified atom stereocenters. The minimum Gasteiger partial charge on any atom is -0.452 e. The Morgan fingerprint density at radius 2 is 1.68 bits per heavy atom. The van der Waals surface area contributed by atoms with Crippen molar-refractivity contribution < 1.29 is 23.5 Å². The van der Waals surface area contributed by atoms with E-state index in [1.807, 2.05) is 35.6 Å². The Hall–Kier alpha value is -3.94. The third-order valence-electron chi connectivity index (χ3n) is 3.74. The minimum absolute atomic E-state index is 0.234. The molecule has 0 spiro atoms. The van der Waals surface area contributed by atoms with Crippen LogP contribution in [0.5, 0.6) is 0 Å². The number of imide groups is 1. The molecule has 3 aromatic rings. The highest BCUT2D eigenvalue weighted by Crippen LogP contribution is 2.13. The number of fused-ring (bicyclic) bond motifs is 1. The molecule has 8 nitrogen and oxygen atoms in total. The lowest BCUT2D eigenvalue weighted by molar-refractivity contribution is -0.123. The summed E-state index contributed by atoms with van der Waals surface area (Å²) in [7, 11) is 0.